The van der Waals surface area contributed by atoms with E-state index in [9.17, 15) is 9.18 Å². The van der Waals surface area contributed by atoms with E-state index in [1.165, 1.54) is 12.1 Å². The van der Waals surface area contributed by atoms with Crippen LogP contribution in [-0.4, -0.2) is 39.1 Å². The molecule has 172 valence electrons. The maximum Gasteiger partial charge on any atom is 0.253 e. The molecule has 0 radical (unpaired) electrons. The number of nitrogen functional groups attached to an aromatic ring is 1. The summed E-state index contributed by atoms with van der Waals surface area (Å²) in [4.78, 5) is 20.0. The third kappa shape index (κ3) is 3.33. The van der Waals surface area contributed by atoms with Crippen molar-refractivity contribution in [3.8, 4) is 0 Å². The van der Waals surface area contributed by atoms with Gasteiger partial charge in [0.1, 0.15) is 11.6 Å². The number of benzene rings is 2. The van der Waals surface area contributed by atoms with E-state index in [0.717, 1.165) is 33.3 Å². The molecule has 8 heteroatoms. The van der Waals surface area contributed by atoms with Crippen molar-refractivity contribution in [1.82, 2.24) is 20.1 Å². The molecule has 0 saturated carbocycles. The Labute approximate surface area is 195 Å². The number of aromatic amines is 1. The molecule has 7 nitrogen and oxygen atoms in total. The zero-order chi connectivity index (χ0) is 23.4. The Hall–Kier alpha value is -3.78. The van der Waals surface area contributed by atoms with Gasteiger partial charge in [0.15, 0.2) is 0 Å². The average molecular weight is 458 g/mol. The molecule has 2 aliphatic heterocycles. The summed E-state index contributed by atoms with van der Waals surface area (Å²) in [5, 5.41) is 8.16. The van der Waals surface area contributed by atoms with E-state index in [2.05, 4.69) is 15.2 Å². The van der Waals surface area contributed by atoms with Gasteiger partial charge in [-0.2, -0.15) is 5.10 Å². The van der Waals surface area contributed by atoms with Crippen LogP contribution in [-0.2, 0) is 11.3 Å². The standard InChI is InChI=1S/C26H24FN5O2/c1-14-24-21(13-34-14)18-10-16(4-7-22(18)30-25(24)28)26(33)32-11-19(15-2-5-17(27)6-3-15)20(12-32)23-8-9-29-31-23/h2-10,14,19-20H,11-13H2,1H3,(H2,28,30)(H,29,31)/t14-,19+,20-/m1/s1. The number of nitrogens with zero attached hydrogens (tertiary/aromatic N) is 3. The number of nitrogens with one attached hydrogen (secondary N) is 1. The lowest BCUT2D eigenvalue weighted by molar-refractivity contribution is 0.0787. The number of amides is 1. The normalized spacial score (nSPS) is 21.8. The van der Waals surface area contributed by atoms with Crippen LogP contribution in [0.5, 0.6) is 0 Å². The summed E-state index contributed by atoms with van der Waals surface area (Å²) in [5.74, 6) is 0.191. The average Bonchev–Trinajstić information content (AvgIpc) is 3.59. The van der Waals surface area contributed by atoms with Crippen LogP contribution in [0, 0.1) is 5.82 Å². The number of hydrogen-bond donors (Lipinski definition) is 2. The van der Waals surface area contributed by atoms with Gasteiger partial charge >= 0.3 is 0 Å². The fraction of sp³-hybridized carbons (Fsp3) is 0.269. The highest BCUT2D eigenvalue weighted by atomic mass is 19.1. The summed E-state index contributed by atoms with van der Waals surface area (Å²) in [7, 11) is 0. The van der Waals surface area contributed by atoms with Gasteiger partial charge in [-0.3, -0.25) is 9.89 Å². The van der Waals surface area contributed by atoms with Crippen molar-refractivity contribution in [3.05, 3.63) is 88.5 Å². The van der Waals surface area contributed by atoms with E-state index in [1.54, 1.807) is 24.4 Å². The van der Waals surface area contributed by atoms with Crippen LogP contribution in [0.4, 0.5) is 10.2 Å². The van der Waals surface area contributed by atoms with E-state index < -0.39 is 0 Å². The second-order valence-electron chi connectivity index (χ2n) is 9.05. The van der Waals surface area contributed by atoms with Crippen LogP contribution in [0.15, 0.2) is 54.7 Å². The van der Waals surface area contributed by atoms with Crippen molar-refractivity contribution in [2.45, 2.75) is 31.5 Å². The van der Waals surface area contributed by atoms with Crippen LogP contribution in [0.25, 0.3) is 10.9 Å². The van der Waals surface area contributed by atoms with Gasteiger partial charge in [-0.1, -0.05) is 12.1 Å². The molecule has 0 spiro atoms. The number of rotatable bonds is 3. The molecule has 4 aromatic rings. The van der Waals surface area contributed by atoms with Gasteiger partial charge in [-0.15, -0.1) is 0 Å². The molecule has 3 N–H and O–H groups in total. The van der Waals surface area contributed by atoms with E-state index >= 15 is 0 Å². The Bertz CT molecular complexity index is 1390. The number of anilines is 1. The first-order chi connectivity index (χ1) is 16.5. The van der Waals surface area contributed by atoms with Crippen molar-refractivity contribution < 1.29 is 13.9 Å². The Kier molecular flexibility index (Phi) is 4.84. The fourth-order valence-corrected chi connectivity index (χ4v) is 5.38. The zero-order valence-electron chi connectivity index (χ0n) is 18.7. The van der Waals surface area contributed by atoms with Crippen LogP contribution in [0.1, 0.15) is 57.6 Å². The first-order valence-electron chi connectivity index (χ1n) is 11.4. The smallest absolute Gasteiger partial charge is 0.253 e. The maximum atomic E-state index is 13.6. The number of likely N-dealkylation sites (tertiary alicyclic amines) is 1. The molecule has 1 amide bonds. The number of carbonyl (C=O) groups is 1. The highest BCUT2D eigenvalue weighted by Crippen LogP contribution is 2.41. The molecule has 34 heavy (non-hydrogen) atoms. The number of fused-ring (bicyclic) bond motifs is 3. The number of hydrogen-bond acceptors (Lipinski definition) is 5. The molecule has 0 bridgehead atoms. The Morgan fingerprint density at radius 1 is 1.15 bits per heavy atom. The lowest BCUT2D eigenvalue weighted by Gasteiger charge is -2.17. The van der Waals surface area contributed by atoms with E-state index in [1.807, 2.05) is 30.0 Å². The minimum atomic E-state index is -0.276. The van der Waals surface area contributed by atoms with E-state index in [0.29, 0.717) is 31.1 Å². The number of H-pyrrole nitrogens is 1. The van der Waals surface area contributed by atoms with Gasteiger partial charge in [0.2, 0.25) is 0 Å². The molecule has 6 rings (SSSR count). The number of ether oxygens (including phenoxy) is 1. The Morgan fingerprint density at radius 3 is 2.71 bits per heavy atom. The van der Waals surface area contributed by atoms with Crippen LogP contribution < -0.4 is 5.73 Å². The highest BCUT2D eigenvalue weighted by Gasteiger charge is 2.38. The summed E-state index contributed by atoms with van der Waals surface area (Å²) in [6.07, 6.45) is 1.67. The monoisotopic (exact) mass is 457 g/mol. The maximum absolute atomic E-state index is 13.6. The topological polar surface area (TPSA) is 97.1 Å². The van der Waals surface area contributed by atoms with Crippen LogP contribution in [0.3, 0.4) is 0 Å². The largest absolute Gasteiger partial charge is 0.383 e. The molecule has 4 heterocycles. The van der Waals surface area contributed by atoms with Crippen molar-refractivity contribution >= 4 is 22.6 Å². The van der Waals surface area contributed by atoms with E-state index in [-0.39, 0.29) is 29.7 Å². The van der Waals surface area contributed by atoms with Crippen LogP contribution in [0.2, 0.25) is 0 Å². The summed E-state index contributed by atoms with van der Waals surface area (Å²) < 4.78 is 19.3. The first kappa shape index (κ1) is 20.8. The van der Waals surface area contributed by atoms with Crippen LogP contribution >= 0.6 is 0 Å². The number of nitrogens with two attached hydrogens (primary N) is 1. The van der Waals surface area contributed by atoms with Gasteiger partial charge in [-0.05, 0) is 54.4 Å². The molecule has 2 aromatic carbocycles. The molecule has 2 aliphatic rings. The second-order valence-corrected chi connectivity index (χ2v) is 9.05. The summed E-state index contributed by atoms with van der Waals surface area (Å²) in [6.45, 7) is 3.47. The van der Waals surface area contributed by atoms with Crippen molar-refractivity contribution in [2.75, 3.05) is 18.8 Å². The summed E-state index contributed by atoms with van der Waals surface area (Å²) >= 11 is 0. The third-order valence-corrected chi connectivity index (χ3v) is 7.10. The highest BCUT2D eigenvalue weighted by molar-refractivity contribution is 5.99. The Balaban J connectivity index is 1.35. The van der Waals surface area contributed by atoms with Gasteiger partial charge in [0, 0.05) is 47.6 Å². The lowest BCUT2D eigenvalue weighted by atomic mass is 9.87. The number of carbonyl (C=O) groups excluding carboxylic acids is 1. The fourth-order valence-electron chi connectivity index (χ4n) is 5.38. The van der Waals surface area contributed by atoms with Gasteiger partial charge < -0.3 is 15.4 Å². The first-order valence-corrected chi connectivity index (χ1v) is 11.4. The zero-order valence-corrected chi connectivity index (χ0v) is 18.7. The SMILES string of the molecule is C[C@H]1OCc2c1c(N)nc1ccc(C(=O)N3C[C@@H](c4ccc(F)cc4)[C@H](c4cc[nH]n4)C3)cc21. The lowest BCUT2D eigenvalue weighted by Crippen LogP contribution is -2.28. The van der Waals surface area contributed by atoms with Crippen molar-refractivity contribution in [3.63, 3.8) is 0 Å². The number of halogens is 1. The molecule has 0 aliphatic carbocycles. The molecule has 2 aromatic heterocycles. The molecule has 1 fully saturated rings. The Morgan fingerprint density at radius 2 is 1.94 bits per heavy atom. The minimum Gasteiger partial charge on any atom is -0.383 e. The van der Waals surface area contributed by atoms with Gasteiger partial charge in [-0.25, -0.2) is 9.37 Å². The predicted octanol–water partition coefficient (Wildman–Crippen LogP) is 4.29. The van der Waals surface area contributed by atoms with Crippen molar-refractivity contribution in [1.29, 1.82) is 0 Å². The molecule has 0 unspecified atom stereocenters. The van der Waals surface area contributed by atoms with Crippen molar-refractivity contribution in [2.24, 2.45) is 0 Å². The number of aromatic nitrogens is 3. The van der Waals surface area contributed by atoms with Gasteiger partial charge in [0.05, 0.1) is 23.9 Å². The number of pyridine rings is 1. The molecule has 1 saturated heterocycles. The molecular weight excluding hydrogens is 433 g/mol. The summed E-state index contributed by atoms with van der Waals surface area (Å²) in [5.41, 5.74) is 11.3. The predicted molar refractivity (Wildman–Crippen MR) is 126 cm³/mol. The van der Waals surface area contributed by atoms with E-state index in [4.69, 9.17) is 10.5 Å². The minimum absolute atomic E-state index is 0.0149. The van der Waals surface area contributed by atoms with Gasteiger partial charge in [0.25, 0.3) is 5.91 Å². The molecule has 3 atom stereocenters. The third-order valence-electron chi connectivity index (χ3n) is 7.10. The summed E-state index contributed by atoms with van der Waals surface area (Å²) in [6, 6.07) is 14.0. The molecular formula is C26H24FN5O2. The second kappa shape index (κ2) is 7.92. The quantitative estimate of drug-likeness (QED) is 0.478.